The van der Waals surface area contributed by atoms with Gasteiger partial charge in [0, 0.05) is 11.5 Å². The molecule has 0 saturated heterocycles. The third kappa shape index (κ3) is 13.7. The summed E-state index contributed by atoms with van der Waals surface area (Å²) in [7, 11) is 0. The predicted octanol–water partition coefficient (Wildman–Crippen LogP) is -3.53. The zero-order chi connectivity index (χ0) is 8.85. The van der Waals surface area contributed by atoms with Gasteiger partial charge in [-0.2, -0.15) is 11.8 Å². The summed E-state index contributed by atoms with van der Waals surface area (Å²) in [6, 6.07) is -1.11. The first-order chi connectivity index (χ1) is 5.04. The van der Waals surface area contributed by atoms with Crippen LogP contribution in [0.3, 0.4) is 0 Å². The van der Waals surface area contributed by atoms with Crippen molar-refractivity contribution in [3.63, 3.8) is 0 Å². The lowest BCUT2D eigenvalue weighted by Gasteiger charge is -2.11. The number of hydrogen-bond donors (Lipinski definition) is 3. The Morgan fingerprint density at radius 3 is 2.00 bits per heavy atom. The van der Waals surface area contributed by atoms with Gasteiger partial charge in [0.05, 0.1) is 18.0 Å². The molecule has 0 unspecified atom stereocenters. The van der Waals surface area contributed by atoms with Gasteiger partial charge in [0.1, 0.15) is 0 Å². The van der Waals surface area contributed by atoms with Crippen LogP contribution >= 0.6 is 11.8 Å². The van der Waals surface area contributed by atoms with Crippen molar-refractivity contribution in [1.29, 1.82) is 0 Å². The second kappa shape index (κ2) is 12.1. The Kier molecular flexibility index (Phi) is 20.1. The molecule has 0 spiro atoms. The SMILES string of the molecule is N[C@@H](CSCC(=O)[O-])C(=O)[O-].O.[NH4+].[NH4+]. The third-order valence-electron chi connectivity index (χ3n) is 0.820. The first-order valence-electron chi connectivity index (χ1n) is 2.78. The van der Waals surface area contributed by atoms with Crippen molar-refractivity contribution in [3.8, 4) is 0 Å². The molecule has 0 fully saturated rings. The Hall–Kier alpha value is -0.870. The maximum absolute atomic E-state index is 9.96. The van der Waals surface area contributed by atoms with E-state index in [0.717, 1.165) is 11.8 Å². The average Bonchev–Trinajstić information content (AvgIpc) is 1.86. The highest BCUT2D eigenvalue weighted by Gasteiger charge is 2.01. The maximum Gasteiger partial charge on any atom is 0.0590 e. The number of rotatable bonds is 5. The monoisotopic (exact) mass is 231 g/mol. The van der Waals surface area contributed by atoms with Gasteiger partial charge in [-0.15, -0.1) is 0 Å². The summed E-state index contributed by atoms with van der Waals surface area (Å²) in [5, 5.41) is 19.8. The molecule has 0 saturated carbocycles. The molecule has 0 aliphatic heterocycles. The minimum atomic E-state index is -1.38. The minimum absolute atomic E-state index is 0. The van der Waals surface area contributed by atoms with Crippen molar-refractivity contribution in [2.75, 3.05) is 11.5 Å². The van der Waals surface area contributed by atoms with Crippen molar-refractivity contribution in [1.82, 2.24) is 12.3 Å². The molecule has 0 aliphatic rings. The van der Waals surface area contributed by atoms with Gasteiger partial charge in [-0.3, -0.25) is 0 Å². The fourth-order valence-electron chi connectivity index (χ4n) is 0.337. The Bertz CT molecular complexity index is 167. The van der Waals surface area contributed by atoms with Crippen molar-refractivity contribution >= 4 is 23.7 Å². The smallest absolute Gasteiger partial charge is 0.0590 e. The van der Waals surface area contributed by atoms with Gasteiger partial charge in [0.15, 0.2) is 0 Å². The number of nitrogens with two attached hydrogens (primary N) is 1. The zero-order valence-electron chi connectivity index (χ0n) is 8.11. The van der Waals surface area contributed by atoms with Gasteiger partial charge in [-0.25, -0.2) is 0 Å². The second-order valence-corrected chi connectivity index (χ2v) is 2.84. The number of carbonyl (C=O) groups is 2. The number of carboxylic acid groups (broad SMARTS) is 2. The third-order valence-corrected chi connectivity index (χ3v) is 1.85. The van der Waals surface area contributed by atoms with Gasteiger partial charge in [0.25, 0.3) is 0 Å². The maximum atomic E-state index is 9.96. The van der Waals surface area contributed by atoms with Crippen LogP contribution in [0.15, 0.2) is 0 Å². The number of aliphatic carboxylic acids is 2. The van der Waals surface area contributed by atoms with Crippen molar-refractivity contribution in [3.05, 3.63) is 0 Å². The molecule has 0 heterocycles. The molecule has 9 heteroatoms. The Labute approximate surface area is 85.3 Å². The van der Waals surface area contributed by atoms with E-state index in [1.807, 2.05) is 0 Å². The Balaban J connectivity index is -0.000000167. The van der Waals surface area contributed by atoms with Gasteiger partial charge < -0.3 is 43.3 Å². The van der Waals surface area contributed by atoms with Gasteiger partial charge >= 0.3 is 0 Å². The minimum Gasteiger partial charge on any atom is -0.549 e. The summed E-state index contributed by atoms with van der Waals surface area (Å²) in [5.74, 6) is -2.84. The molecule has 0 radical (unpaired) electrons. The van der Waals surface area contributed by atoms with Crippen LogP contribution in [0.5, 0.6) is 0 Å². The van der Waals surface area contributed by atoms with Crippen LogP contribution in [0.4, 0.5) is 0 Å². The van der Waals surface area contributed by atoms with Crippen LogP contribution in [0.25, 0.3) is 0 Å². The molecule has 0 aliphatic carbocycles. The van der Waals surface area contributed by atoms with Gasteiger partial charge in [-0.1, -0.05) is 0 Å². The van der Waals surface area contributed by atoms with Crippen LogP contribution in [0.1, 0.15) is 0 Å². The van der Waals surface area contributed by atoms with E-state index in [9.17, 15) is 19.8 Å². The highest BCUT2D eigenvalue weighted by Crippen LogP contribution is 1.99. The summed E-state index contributed by atoms with van der Waals surface area (Å²) in [6.45, 7) is 0. The normalized spacial score (nSPS) is 9.79. The average molecular weight is 231 g/mol. The first kappa shape index (κ1) is 23.2. The zero-order valence-corrected chi connectivity index (χ0v) is 8.93. The Morgan fingerprint density at radius 1 is 1.29 bits per heavy atom. The van der Waals surface area contributed by atoms with Gasteiger partial charge in [0.2, 0.25) is 0 Å². The van der Waals surface area contributed by atoms with E-state index in [-0.39, 0.29) is 29.3 Å². The molecule has 1 atom stereocenters. The van der Waals surface area contributed by atoms with E-state index in [2.05, 4.69) is 0 Å². The second-order valence-electron chi connectivity index (χ2n) is 1.81. The van der Waals surface area contributed by atoms with Crippen LogP contribution in [-0.4, -0.2) is 35.0 Å². The molecule has 8 nitrogen and oxygen atoms in total. The van der Waals surface area contributed by atoms with Crippen LogP contribution in [0, 0.1) is 0 Å². The highest BCUT2D eigenvalue weighted by atomic mass is 32.2. The summed E-state index contributed by atoms with van der Waals surface area (Å²) in [5.41, 5.74) is 5.01. The van der Waals surface area contributed by atoms with Crippen LogP contribution in [-0.2, 0) is 9.59 Å². The molecule has 0 rings (SSSR count). The van der Waals surface area contributed by atoms with Crippen molar-refractivity contribution < 1.29 is 25.3 Å². The number of thioether (sulfide) groups is 1. The van der Waals surface area contributed by atoms with E-state index < -0.39 is 18.0 Å². The fourth-order valence-corrected chi connectivity index (χ4v) is 1.01. The standard InChI is InChI=1S/C5H9NO4S.2H3N.H2O/c6-3(5(9)10)1-11-2-4(7)8;;;/h3H,1-2,6H2,(H,7,8)(H,9,10);2*1H3;1H2/t3-;;;/m0.../s1. The number of carboxylic acids is 2. The molecule has 14 heavy (non-hydrogen) atoms. The summed E-state index contributed by atoms with van der Waals surface area (Å²) in [6.07, 6.45) is 0. The lowest BCUT2D eigenvalue weighted by Crippen LogP contribution is -2.43. The van der Waals surface area contributed by atoms with E-state index in [1.165, 1.54) is 0 Å². The number of carbonyl (C=O) groups excluding carboxylic acids is 2. The molecule has 0 bridgehead atoms. The molecule has 0 amide bonds. The molecule has 0 aromatic heterocycles. The molecular weight excluding hydrogens is 214 g/mol. The van der Waals surface area contributed by atoms with Crippen LogP contribution < -0.4 is 28.2 Å². The van der Waals surface area contributed by atoms with Crippen LogP contribution in [0.2, 0.25) is 0 Å². The van der Waals surface area contributed by atoms with Gasteiger partial charge in [-0.05, 0) is 0 Å². The predicted molar refractivity (Wildman–Crippen MR) is 50.9 cm³/mol. The largest absolute Gasteiger partial charge is 0.549 e. The lowest BCUT2D eigenvalue weighted by atomic mass is 10.4. The summed E-state index contributed by atoms with van der Waals surface area (Å²) in [4.78, 5) is 19.8. The first-order valence-corrected chi connectivity index (χ1v) is 3.93. The lowest BCUT2D eigenvalue weighted by molar-refractivity contribution is -0.307. The molecular formula is C5H17N3O5S. The fraction of sp³-hybridized carbons (Fsp3) is 0.600. The van der Waals surface area contributed by atoms with E-state index in [0.29, 0.717) is 0 Å². The van der Waals surface area contributed by atoms with E-state index >= 15 is 0 Å². The molecule has 0 aromatic rings. The summed E-state index contributed by atoms with van der Waals surface area (Å²) >= 11 is 0.890. The van der Waals surface area contributed by atoms with E-state index in [4.69, 9.17) is 5.73 Å². The number of quaternary nitrogens is 2. The molecule has 12 N–H and O–H groups in total. The number of hydrogen-bond acceptors (Lipinski definition) is 6. The quantitative estimate of drug-likeness (QED) is 0.435. The summed E-state index contributed by atoms with van der Waals surface area (Å²) < 4.78 is 0. The van der Waals surface area contributed by atoms with Crippen molar-refractivity contribution in [2.24, 2.45) is 5.73 Å². The highest BCUT2D eigenvalue weighted by molar-refractivity contribution is 7.99. The molecule has 88 valence electrons. The Morgan fingerprint density at radius 2 is 1.71 bits per heavy atom. The molecule has 0 aromatic carbocycles. The van der Waals surface area contributed by atoms with E-state index in [1.54, 1.807) is 0 Å². The topological polar surface area (TPSA) is 211 Å². The van der Waals surface area contributed by atoms with Crippen molar-refractivity contribution in [2.45, 2.75) is 6.04 Å².